The summed E-state index contributed by atoms with van der Waals surface area (Å²) in [4.78, 5) is 50.5. The lowest BCUT2D eigenvalue weighted by Crippen LogP contribution is -2.48. The summed E-state index contributed by atoms with van der Waals surface area (Å²) >= 11 is 0. The Morgan fingerprint density at radius 3 is 2.11 bits per heavy atom. The molecule has 0 aliphatic heterocycles. The molecule has 2 heterocycles. The molecule has 2 aromatic carbocycles. The van der Waals surface area contributed by atoms with E-state index >= 15 is 0 Å². The predicted octanol–water partition coefficient (Wildman–Crippen LogP) is 5.01. The number of hydrogen-bond donors (Lipinski definition) is 3. The van der Waals surface area contributed by atoms with Crippen molar-refractivity contribution in [2.24, 2.45) is 5.41 Å². The fourth-order valence-corrected chi connectivity index (χ4v) is 4.52. The largest absolute Gasteiger partial charge is 0.481 e. The number of carboxylic acids is 1. The van der Waals surface area contributed by atoms with Crippen LogP contribution >= 0.6 is 0 Å². The van der Waals surface area contributed by atoms with Gasteiger partial charge in [0.2, 0.25) is 5.91 Å². The molecule has 45 heavy (non-hydrogen) atoms. The molecule has 0 aliphatic rings. The third-order valence-corrected chi connectivity index (χ3v) is 6.98. The molecule has 0 aliphatic carbocycles. The van der Waals surface area contributed by atoms with Crippen molar-refractivity contribution in [2.75, 3.05) is 6.54 Å². The summed E-state index contributed by atoms with van der Waals surface area (Å²) in [6.07, 6.45) is 3.91. The Morgan fingerprint density at radius 2 is 1.53 bits per heavy atom. The van der Waals surface area contributed by atoms with Crippen LogP contribution in [0.5, 0.6) is 0 Å². The molecule has 2 amide bonds. The number of aliphatic carboxylic acids is 1. The van der Waals surface area contributed by atoms with Crippen LogP contribution in [0, 0.1) is 5.41 Å². The van der Waals surface area contributed by atoms with Crippen molar-refractivity contribution in [3.8, 4) is 22.8 Å². The summed E-state index contributed by atoms with van der Waals surface area (Å²) in [5.74, 6) is -0.411. The zero-order valence-electron chi connectivity index (χ0n) is 26.5. The number of carbonyl (C=O) groups excluding carboxylic acids is 2. The summed E-state index contributed by atoms with van der Waals surface area (Å²) < 4.78 is 5.39. The SMILES string of the molecule is CC(C)(C)Cc1noc(-c2cnc(-c3ccc(C[C@H](NC(=O)c4ccc(C(C)(C)C)cc4)C(=O)NCCC(=O)O)cc3)nc2)n1. The van der Waals surface area contributed by atoms with Crippen molar-refractivity contribution in [1.82, 2.24) is 30.7 Å². The fourth-order valence-electron chi connectivity index (χ4n) is 4.52. The Bertz CT molecular complexity index is 1620. The van der Waals surface area contributed by atoms with E-state index in [0.717, 1.165) is 16.7 Å². The molecule has 1 atom stereocenters. The first-order valence-corrected chi connectivity index (χ1v) is 14.8. The zero-order valence-corrected chi connectivity index (χ0v) is 26.5. The molecule has 0 saturated carbocycles. The van der Waals surface area contributed by atoms with Crippen molar-refractivity contribution in [3.05, 3.63) is 83.4 Å². The van der Waals surface area contributed by atoms with E-state index in [1.807, 2.05) is 36.4 Å². The van der Waals surface area contributed by atoms with Gasteiger partial charge in [-0.25, -0.2) is 9.97 Å². The van der Waals surface area contributed by atoms with Crippen LogP contribution in [-0.2, 0) is 27.8 Å². The molecule has 11 heteroatoms. The van der Waals surface area contributed by atoms with Crippen LogP contribution in [0.3, 0.4) is 0 Å². The Morgan fingerprint density at radius 1 is 0.889 bits per heavy atom. The van der Waals surface area contributed by atoms with Crippen molar-refractivity contribution >= 4 is 17.8 Å². The molecule has 0 spiro atoms. The summed E-state index contributed by atoms with van der Waals surface area (Å²) in [5, 5.41) is 18.4. The maximum atomic E-state index is 13.1. The Balaban J connectivity index is 1.45. The first kappa shape index (κ1) is 33.0. The van der Waals surface area contributed by atoms with Crippen molar-refractivity contribution < 1.29 is 24.0 Å². The van der Waals surface area contributed by atoms with Gasteiger partial charge in [-0.3, -0.25) is 14.4 Å². The first-order valence-electron chi connectivity index (χ1n) is 14.8. The topological polar surface area (TPSA) is 160 Å². The van der Waals surface area contributed by atoms with Gasteiger partial charge >= 0.3 is 5.97 Å². The van der Waals surface area contributed by atoms with E-state index < -0.39 is 23.8 Å². The number of benzene rings is 2. The number of nitrogens with one attached hydrogen (secondary N) is 2. The Hall–Kier alpha value is -4.93. The highest BCUT2D eigenvalue weighted by molar-refractivity contribution is 5.97. The summed E-state index contributed by atoms with van der Waals surface area (Å²) in [7, 11) is 0. The van der Waals surface area contributed by atoms with Gasteiger partial charge < -0.3 is 20.3 Å². The van der Waals surface area contributed by atoms with Crippen LogP contribution in [0.2, 0.25) is 0 Å². The van der Waals surface area contributed by atoms with Gasteiger partial charge in [-0.2, -0.15) is 4.98 Å². The number of carboxylic acid groups (broad SMARTS) is 1. The van der Waals surface area contributed by atoms with E-state index in [-0.39, 0.29) is 30.2 Å². The molecule has 0 radical (unpaired) electrons. The van der Waals surface area contributed by atoms with Crippen LogP contribution < -0.4 is 10.6 Å². The van der Waals surface area contributed by atoms with Gasteiger partial charge in [0.25, 0.3) is 11.8 Å². The van der Waals surface area contributed by atoms with Gasteiger partial charge in [-0.05, 0) is 34.1 Å². The number of aromatic nitrogens is 4. The van der Waals surface area contributed by atoms with E-state index in [1.54, 1.807) is 24.5 Å². The molecule has 0 saturated heterocycles. The van der Waals surface area contributed by atoms with Crippen LogP contribution in [0.15, 0.2) is 65.4 Å². The summed E-state index contributed by atoms with van der Waals surface area (Å²) in [5.41, 5.74) is 3.63. The normalized spacial score (nSPS) is 12.4. The fraction of sp³-hybridized carbons (Fsp3) is 0.382. The smallest absolute Gasteiger partial charge is 0.305 e. The summed E-state index contributed by atoms with van der Waals surface area (Å²) in [6, 6.07) is 13.7. The molecule has 3 N–H and O–H groups in total. The predicted molar refractivity (Wildman–Crippen MR) is 169 cm³/mol. The van der Waals surface area contributed by atoms with Gasteiger partial charge in [0.15, 0.2) is 11.6 Å². The summed E-state index contributed by atoms with van der Waals surface area (Å²) in [6.45, 7) is 12.5. The molecule has 236 valence electrons. The second kappa shape index (κ2) is 13.8. The van der Waals surface area contributed by atoms with Crippen molar-refractivity contribution in [1.29, 1.82) is 0 Å². The minimum Gasteiger partial charge on any atom is -0.481 e. The maximum Gasteiger partial charge on any atom is 0.305 e. The highest BCUT2D eigenvalue weighted by Gasteiger charge is 2.23. The molecule has 0 unspecified atom stereocenters. The quantitative estimate of drug-likeness (QED) is 0.211. The highest BCUT2D eigenvalue weighted by atomic mass is 16.5. The molecule has 2 aromatic heterocycles. The van der Waals surface area contributed by atoms with E-state index in [4.69, 9.17) is 9.63 Å². The lowest BCUT2D eigenvalue weighted by Gasteiger charge is -2.20. The van der Waals surface area contributed by atoms with Crippen LogP contribution in [0.25, 0.3) is 22.8 Å². The van der Waals surface area contributed by atoms with Gasteiger partial charge in [-0.1, -0.05) is 83.1 Å². The van der Waals surface area contributed by atoms with Gasteiger partial charge in [0.05, 0.1) is 12.0 Å². The molecule has 0 fully saturated rings. The van der Waals surface area contributed by atoms with Crippen molar-refractivity contribution in [3.63, 3.8) is 0 Å². The molecular weight excluding hydrogens is 572 g/mol. The van der Waals surface area contributed by atoms with Gasteiger partial charge in [-0.15, -0.1) is 0 Å². The monoisotopic (exact) mass is 612 g/mol. The molecule has 11 nitrogen and oxygen atoms in total. The van der Waals surface area contributed by atoms with Crippen LogP contribution in [0.1, 0.15) is 75.3 Å². The molecular formula is C34H40N6O5. The molecule has 4 aromatic rings. The second-order valence-corrected chi connectivity index (χ2v) is 13.2. The third-order valence-electron chi connectivity index (χ3n) is 6.98. The van der Waals surface area contributed by atoms with Crippen molar-refractivity contribution in [2.45, 2.75) is 72.3 Å². The lowest BCUT2D eigenvalue weighted by atomic mass is 9.86. The average Bonchev–Trinajstić information content (AvgIpc) is 3.43. The number of carbonyl (C=O) groups is 3. The minimum atomic E-state index is -1.02. The number of amides is 2. The highest BCUT2D eigenvalue weighted by Crippen LogP contribution is 2.24. The third kappa shape index (κ3) is 9.53. The second-order valence-electron chi connectivity index (χ2n) is 13.2. The molecule has 0 bridgehead atoms. The van der Waals surface area contributed by atoms with E-state index in [1.165, 1.54) is 0 Å². The van der Waals surface area contributed by atoms with Crippen LogP contribution in [0.4, 0.5) is 0 Å². The number of hydrogen-bond acceptors (Lipinski definition) is 8. The standard InChI is InChI=1S/C34H40N6O5/c1-33(2,3)18-27-39-32(45-40-27)24-19-36-29(37-20-24)22-9-7-21(8-10-22)17-26(31(44)35-16-15-28(41)42)38-30(43)23-11-13-25(14-12-23)34(4,5)6/h7-14,19-20,26H,15-18H2,1-6H3,(H,35,44)(H,38,43)(H,41,42)/t26-/m0/s1. The average molecular weight is 613 g/mol. The Kier molecular flexibility index (Phi) is 10.1. The van der Waals surface area contributed by atoms with E-state index in [2.05, 4.69) is 72.3 Å². The van der Waals surface area contributed by atoms with E-state index in [0.29, 0.717) is 35.1 Å². The molecule has 4 rings (SSSR count). The van der Waals surface area contributed by atoms with E-state index in [9.17, 15) is 14.4 Å². The minimum absolute atomic E-state index is 0.0296. The van der Waals surface area contributed by atoms with Gasteiger partial charge in [0, 0.05) is 42.9 Å². The number of rotatable bonds is 11. The zero-order chi connectivity index (χ0) is 32.8. The Labute approximate surface area is 262 Å². The maximum absolute atomic E-state index is 13.1. The first-order chi connectivity index (χ1) is 21.2. The van der Waals surface area contributed by atoms with Gasteiger partial charge in [0.1, 0.15) is 6.04 Å². The number of nitrogens with zero attached hydrogens (tertiary/aromatic N) is 4. The lowest BCUT2D eigenvalue weighted by molar-refractivity contribution is -0.137. The van der Waals surface area contributed by atoms with Crippen LogP contribution in [-0.4, -0.2) is 55.6 Å².